The van der Waals surface area contributed by atoms with Gasteiger partial charge in [0.05, 0.1) is 16.8 Å². The average molecular weight is 371 g/mol. The molecule has 1 aliphatic heterocycles. The summed E-state index contributed by atoms with van der Waals surface area (Å²) in [6.45, 7) is 2.14. The third kappa shape index (κ3) is 3.05. The van der Waals surface area contributed by atoms with E-state index in [1.54, 1.807) is 67.8 Å². The first-order valence-corrected chi connectivity index (χ1v) is 8.82. The van der Waals surface area contributed by atoms with Crippen LogP contribution in [0.3, 0.4) is 0 Å². The first kappa shape index (κ1) is 17.6. The van der Waals surface area contributed by atoms with Gasteiger partial charge in [0.2, 0.25) is 0 Å². The molecule has 3 aromatic rings. The summed E-state index contributed by atoms with van der Waals surface area (Å²) in [5.74, 6) is -1.05. The number of aromatic nitrogens is 1. The highest BCUT2D eigenvalue weighted by Crippen LogP contribution is 2.31. The second-order valence-electron chi connectivity index (χ2n) is 6.54. The first-order valence-electron chi connectivity index (χ1n) is 8.82. The molecule has 6 nitrogen and oxygen atoms in total. The second-order valence-corrected chi connectivity index (χ2v) is 6.54. The van der Waals surface area contributed by atoms with Gasteiger partial charge in [-0.1, -0.05) is 24.3 Å². The Kier molecular flexibility index (Phi) is 4.45. The minimum atomic E-state index is -0.378. The third-order valence-electron chi connectivity index (χ3n) is 4.68. The Hall–Kier alpha value is -3.80. The van der Waals surface area contributed by atoms with Crippen molar-refractivity contribution >= 4 is 23.4 Å². The molecule has 2 heterocycles. The summed E-state index contributed by atoms with van der Waals surface area (Å²) in [6, 6.07) is 15.4. The normalized spacial score (nSPS) is 12.8. The number of amides is 3. The highest BCUT2D eigenvalue weighted by molar-refractivity contribution is 6.34. The number of nitrogens with zero attached hydrogens (tertiary/aromatic N) is 2. The van der Waals surface area contributed by atoms with E-state index < -0.39 is 0 Å². The van der Waals surface area contributed by atoms with Crippen LogP contribution in [0, 0.1) is 6.92 Å². The predicted molar refractivity (Wildman–Crippen MR) is 104 cm³/mol. The first-order chi connectivity index (χ1) is 13.6. The van der Waals surface area contributed by atoms with Crippen molar-refractivity contribution in [3.8, 4) is 0 Å². The minimum Gasteiger partial charge on any atom is -0.348 e. The molecule has 0 spiro atoms. The Labute approximate surface area is 161 Å². The third-order valence-corrected chi connectivity index (χ3v) is 4.68. The summed E-state index contributed by atoms with van der Waals surface area (Å²) in [4.78, 5) is 43.2. The van der Waals surface area contributed by atoms with Crippen molar-refractivity contribution in [2.75, 3.05) is 4.90 Å². The summed E-state index contributed by atoms with van der Waals surface area (Å²) in [6.07, 6.45) is 3.35. The molecule has 0 fully saturated rings. The number of carbonyl (C=O) groups excluding carboxylic acids is 3. The molecule has 1 N–H and O–H groups in total. The number of carbonyl (C=O) groups is 3. The predicted octanol–water partition coefficient (Wildman–Crippen LogP) is 3.12. The number of fused-ring (bicyclic) bond motifs is 1. The van der Waals surface area contributed by atoms with E-state index >= 15 is 0 Å². The van der Waals surface area contributed by atoms with Crippen LogP contribution in [0.5, 0.6) is 0 Å². The average Bonchev–Trinajstić information content (AvgIpc) is 2.98. The fraction of sp³-hybridized carbons (Fsp3) is 0.0909. The number of nitrogens with one attached hydrogen (secondary N) is 1. The fourth-order valence-electron chi connectivity index (χ4n) is 3.19. The molecule has 0 bridgehead atoms. The zero-order chi connectivity index (χ0) is 19.7. The van der Waals surface area contributed by atoms with Crippen LogP contribution in [0.15, 0.2) is 67.0 Å². The summed E-state index contributed by atoms with van der Waals surface area (Å²) in [5.41, 5.74) is 3.15. The quantitative estimate of drug-likeness (QED) is 0.715. The number of imide groups is 1. The van der Waals surface area contributed by atoms with Gasteiger partial charge >= 0.3 is 0 Å². The minimum absolute atomic E-state index is 0.290. The van der Waals surface area contributed by atoms with Crippen molar-refractivity contribution in [1.29, 1.82) is 0 Å². The Bertz CT molecular complexity index is 1060. The van der Waals surface area contributed by atoms with E-state index in [1.807, 2.05) is 6.07 Å². The highest BCUT2D eigenvalue weighted by Gasteiger charge is 2.37. The van der Waals surface area contributed by atoms with Crippen LogP contribution in [0.2, 0.25) is 0 Å². The van der Waals surface area contributed by atoms with Gasteiger partial charge in [0.1, 0.15) is 0 Å². The van der Waals surface area contributed by atoms with Crippen molar-refractivity contribution in [3.05, 3.63) is 94.8 Å². The van der Waals surface area contributed by atoms with Crippen LogP contribution in [0.4, 0.5) is 5.69 Å². The van der Waals surface area contributed by atoms with E-state index in [0.717, 1.165) is 16.0 Å². The van der Waals surface area contributed by atoms with Crippen molar-refractivity contribution in [3.63, 3.8) is 0 Å². The Morgan fingerprint density at radius 1 is 1.00 bits per heavy atom. The van der Waals surface area contributed by atoms with E-state index in [2.05, 4.69) is 10.3 Å². The lowest BCUT2D eigenvalue weighted by Gasteiger charge is -2.18. The van der Waals surface area contributed by atoms with Gasteiger partial charge in [0.15, 0.2) is 0 Å². The van der Waals surface area contributed by atoms with E-state index in [9.17, 15) is 14.4 Å². The van der Waals surface area contributed by atoms with Crippen LogP contribution >= 0.6 is 0 Å². The maximum Gasteiger partial charge on any atom is 0.266 e. The standard InChI is InChI=1S/C22H17N3O3/c1-14-8-9-16(20(26)24-13-15-5-4-10-23-12-15)11-19(14)25-21(27)17-6-2-3-7-18(17)22(25)28/h2-12H,13H2,1H3,(H,24,26). The molecule has 2 aromatic carbocycles. The molecule has 138 valence electrons. The zero-order valence-corrected chi connectivity index (χ0v) is 15.2. The largest absolute Gasteiger partial charge is 0.348 e. The Balaban J connectivity index is 1.61. The van der Waals surface area contributed by atoms with Gasteiger partial charge in [-0.2, -0.15) is 0 Å². The van der Waals surface area contributed by atoms with Gasteiger partial charge in [-0.25, -0.2) is 4.90 Å². The molecule has 28 heavy (non-hydrogen) atoms. The molecule has 0 unspecified atom stereocenters. The molecule has 0 saturated carbocycles. The lowest BCUT2D eigenvalue weighted by atomic mass is 10.1. The van der Waals surface area contributed by atoms with Crippen LogP contribution in [-0.2, 0) is 6.54 Å². The zero-order valence-electron chi connectivity index (χ0n) is 15.2. The van der Waals surface area contributed by atoms with Crippen molar-refractivity contribution < 1.29 is 14.4 Å². The van der Waals surface area contributed by atoms with Crippen LogP contribution in [0.1, 0.15) is 42.2 Å². The van der Waals surface area contributed by atoms with E-state index in [1.165, 1.54) is 0 Å². The molecule has 1 aromatic heterocycles. The molecule has 4 rings (SSSR count). The van der Waals surface area contributed by atoms with Gasteiger partial charge in [0.25, 0.3) is 17.7 Å². The molecular weight excluding hydrogens is 354 g/mol. The molecule has 0 aliphatic carbocycles. The highest BCUT2D eigenvalue weighted by atomic mass is 16.2. The molecule has 3 amide bonds. The van der Waals surface area contributed by atoms with Gasteiger partial charge in [0, 0.05) is 24.5 Å². The maximum absolute atomic E-state index is 12.7. The SMILES string of the molecule is Cc1ccc(C(=O)NCc2cccnc2)cc1N1C(=O)c2ccccc2C1=O. The van der Waals surface area contributed by atoms with Crippen LogP contribution < -0.4 is 10.2 Å². The number of hydrogen-bond acceptors (Lipinski definition) is 4. The van der Waals surface area contributed by atoms with Crippen molar-refractivity contribution in [2.24, 2.45) is 0 Å². The smallest absolute Gasteiger partial charge is 0.266 e. The van der Waals surface area contributed by atoms with Gasteiger partial charge < -0.3 is 5.32 Å². The number of rotatable bonds is 4. The lowest BCUT2D eigenvalue weighted by Crippen LogP contribution is -2.30. The monoisotopic (exact) mass is 371 g/mol. The Morgan fingerprint density at radius 2 is 1.71 bits per heavy atom. The summed E-state index contributed by atoms with van der Waals surface area (Å²) < 4.78 is 0. The number of aryl methyl sites for hydroxylation is 1. The van der Waals surface area contributed by atoms with Crippen LogP contribution in [-0.4, -0.2) is 22.7 Å². The number of anilines is 1. The molecular formula is C22H17N3O3. The van der Waals surface area contributed by atoms with E-state index in [4.69, 9.17) is 0 Å². The maximum atomic E-state index is 12.7. The molecule has 6 heteroatoms. The van der Waals surface area contributed by atoms with Crippen LogP contribution in [0.25, 0.3) is 0 Å². The van der Waals surface area contributed by atoms with Crippen molar-refractivity contribution in [2.45, 2.75) is 13.5 Å². The molecule has 0 saturated heterocycles. The fourth-order valence-corrected chi connectivity index (χ4v) is 3.19. The topological polar surface area (TPSA) is 79.4 Å². The van der Waals surface area contributed by atoms with E-state index in [0.29, 0.717) is 28.9 Å². The number of hydrogen-bond donors (Lipinski definition) is 1. The van der Waals surface area contributed by atoms with Gasteiger partial charge in [-0.3, -0.25) is 19.4 Å². The number of benzene rings is 2. The second kappa shape index (κ2) is 7.08. The lowest BCUT2D eigenvalue weighted by molar-refractivity contribution is 0.0919. The summed E-state index contributed by atoms with van der Waals surface area (Å²) in [7, 11) is 0. The summed E-state index contributed by atoms with van der Waals surface area (Å²) in [5, 5.41) is 2.82. The molecule has 0 atom stereocenters. The van der Waals surface area contributed by atoms with Crippen molar-refractivity contribution in [1.82, 2.24) is 10.3 Å². The molecule has 0 radical (unpaired) electrons. The molecule has 1 aliphatic rings. The Morgan fingerprint density at radius 3 is 2.36 bits per heavy atom. The van der Waals surface area contributed by atoms with Gasteiger partial charge in [-0.15, -0.1) is 0 Å². The number of pyridine rings is 1. The summed E-state index contributed by atoms with van der Waals surface area (Å²) >= 11 is 0. The van der Waals surface area contributed by atoms with Gasteiger partial charge in [-0.05, 0) is 48.4 Å². The van der Waals surface area contributed by atoms with E-state index in [-0.39, 0.29) is 17.7 Å².